The van der Waals surface area contributed by atoms with Crippen LogP contribution >= 0.6 is 11.8 Å². The summed E-state index contributed by atoms with van der Waals surface area (Å²) >= 11 is 1.21. The molecule has 4 nitrogen and oxygen atoms in total. The molecule has 0 saturated heterocycles. The summed E-state index contributed by atoms with van der Waals surface area (Å²) in [7, 11) is 1.55. The highest BCUT2D eigenvalue weighted by Crippen LogP contribution is 2.32. The largest absolute Gasteiger partial charge is 0.497 e. The van der Waals surface area contributed by atoms with Crippen LogP contribution in [0.3, 0.4) is 0 Å². The van der Waals surface area contributed by atoms with Gasteiger partial charge in [0.15, 0.2) is 5.78 Å². The first-order chi connectivity index (χ1) is 12.6. The first kappa shape index (κ1) is 18.0. The highest BCUT2D eigenvalue weighted by Gasteiger charge is 2.24. The third-order valence-electron chi connectivity index (χ3n) is 4.08. The number of benzene rings is 3. The Kier molecular flexibility index (Phi) is 5.58. The third-order valence-corrected chi connectivity index (χ3v) is 5.34. The van der Waals surface area contributed by atoms with E-state index in [-0.39, 0.29) is 12.2 Å². The quantitative estimate of drug-likeness (QED) is 0.486. The number of carboxylic acids is 1. The van der Waals surface area contributed by atoms with Crippen LogP contribution in [-0.4, -0.2) is 29.2 Å². The predicted octanol–water partition coefficient (Wildman–Crippen LogP) is 4.67. The van der Waals surface area contributed by atoms with Crippen LogP contribution in [0.1, 0.15) is 16.8 Å². The van der Waals surface area contributed by atoms with E-state index in [1.807, 2.05) is 42.5 Å². The third kappa shape index (κ3) is 4.06. The van der Waals surface area contributed by atoms with Crippen LogP contribution in [0.5, 0.6) is 5.75 Å². The number of rotatable bonds is 7. The molecule has 3 aromatic carbocycles. The van der Waals surface area contributed by atoms with Crippen LogP contribution in [0.2, 0.25) is 0 Å². The van der Waals surface area contributed by atoms with Gasteiger partial charge in [0, 0.05) is 16.9 Å². The number of Topliss-reactive ketones (excluding diaryl/α,β-unsaturated/α-hetero) is 1. The van der Waals surface area contributed by atoms with Crippen LogP contribution in [0.25, 0.3) is 10.8 Å². The Morgan fingerprint density at radius 2 is 1.69 bits per heavy atom. The summed E-state index contributed by atoms with van der Waals surface area (Å²) in [4.78, 5) is 25.1. The maximum absolute atomic E-state index is 12.5. The van der Waals surface area contributed by atoms with Gasteiger partial charge in [0.1, 0.15) is 11.0 Å². The fourth-order valence-electron chi connectivity index (χ4n) is 2.69. The number of methoxy groups -OCH3 is 1. The standard InChI is InChI=1S/C21H18O4S/c1-25-16-11-9-15(10-12-16)18(22)13-20(21(23)24)26-19-8-4-6-14-5-2-3-7-17(14)19/h2-12,20H,13H2,1H3,(H,23,24). The number of carbonyl (C=O) groups is 2. The zero-order valence-corrected chi connectivity index (χ0v) is 15.0. The van der Waals surface area contributed by atoms with Crippen molar-refractivity contribution in [3.63, 3.8) is 0 Å². The maximum atomic E-state index is 12.5. The maximum Gasteiger partial charge on any atom is 0.317 e. The molecule has 132 valence electrons. The van der Waals surface area contributed by atoms with Crippen molar-refractivity contribution in [3.05, 3.63) is 72.3 Å². The Bertz CT molecular complexity index is 929. The van der Waals surface area contributed by atoms with Crippen molar-refractivity contribution in [1.29, 1.82) is 0 Å². The van der Waals surface area contributed by atoms with Crippen LogP contribution in [0.4, 0.5) is 0 Å². The molecule has 0 aliphatic heterocycles. The van der Waals surface area contributed by atoms with E-state index in [9.17, 15) is 14.7 Å². The summed E-state index contributed by atoms with van der Waals surface area (Å²) in [5.41, 5.74) is 0.482. The highest BCUT2D eigenvalue weighted by atomic mass is 32.2. The normalized spacial score (nSPS) is 11.9. The van der Waals surface area contributed by atoms with Gasteiger partial charge in [0.25, 0.3) is 0 Å². The summed E-state index contributed by atoms with van der Waals surface area (Å²) in [5, 5.41) is 10.8. The van der Waals surface area contributed by atoms with Crippen molar-refractivity contribution in [2.75, 3.05) is 7.11 Å². The Balaban J connectivity index is 1.80. The Morgan fingerprint density at radius 1 is 1.00 bits per heavy atom. The van der Waals surface area contributed by atoms with Crippen LogP contribution in [0, 0.1) is 0 Å². The number of hydrogen-bond acceptors (Lipinski definition) is 4. The van der Waals surface area contributed by atoms with E-state index in [1.54, 1.807) is 31.4 Å². The molecule has 0 radical (unpaired) electrons. The fraction of sp³-hybridized carbons (Fsp3) is 0.143. The Hall–Kier alpha value is -2.79. The molecule has 0 heterocycles. The van der Waals surface area contributed by atoms with E-state index in [4.69, 9.17) is 4.74 Å². The lowest BCUT2D eigenvalue weighted by atomic mass is 10.1. The number of fused-ring (bicyclic) bond motifs is 1. The lowest BCUT2D eigenvalue weighted by Gasteiger charge is -2.13. The summed E-state index contributed by atoms with van der Waals surface area (Å²) in [6.07, 6.45) is -0.0739. The molecule has 1 atom stereocenters. The lowest BCUT2D eigenvalue weighted by molar-refractivity contribution is -0.136. The second kappa shape index (κ2) is 8.06. The molecule has 0 aromatic heterocycles. The summed E-state index contributed by atoms with van der Waals surface area (Å²) in [6.45, 7) is 0. The summed E-state index contributed by atoms with van der Waals surface area (Å²) in [5.74, 6) is -0.543. The first-order valence-electron chi connectivity index (χ1n) is 8.13. The monoisotopic (exact) mass is 366 g/mol. The summed E-state index contributed by atoms with van der Waals surface area (Å²) < 4.78 is 5.08. The van der Waals surface area contributed by atoms with E-state index in [0.717, 1.165) is 15.7 Å². The van der Waals surface area contributed by atoms with Gasteiger partial charge in [-0.2, -0.15) is 0 Å². The van der Waals surface area contributed by atoms with Gasteiger partial charge in [0.05, 0.1) is 7.11 Å². The van der Waals surface area contributed by atoms with Crippen molar-refractivity contribution in [1.82, 2.24) is 0 Å². The zero-order chi connectivity index (χ0) is 18.5. The van der Waals surface area contributed by atoms with Gasteiger partial charge in [-0.25, -0.2) is 0 Å². The van der Waals surface area contributed by atoms with E-state index in [1.165, 1.54) is 11.8 Å². The minimum Gasteiger partial charge on any atom is -0.497 e. The molecular formula is C21H18O4S. The van der Waals surface area contributed by atoms with Crippen molar-refractivity contribution in [3.8, 4) is 5.75 Å². The minimum absolute atomic E-state index is 0.0739. The van der Waals surface area contributed by atoms with Crippen LogP contribution < -0.4 is 4.74 Å². The molecule has 5 heteroatoms. The lowest BCUT2D eigenvalue weighted by Crippen LogP contribution is -2.20. The number of aliphatic carboxylic acids is 1. The van der Waals surface area contributed by atoms with Gasteiger partial charge >= 0.3 is 5.97 Å². The fourth-order valence-corrected chi connectivity index (χ4v) is 3.81. The molecule has 0 amide bonds. The molecule has 0 fully saturated rings. The molecule has 1 unspecified atom stereocenters. The van der Waals surface area contributed by atoms with Crippen molar-refractivity contribution >= 4 is 34.3 Å². The second-order valence-electron chi connectivity index (χ2n) is 5.78. The van der Waals surface area contributed by atoms with Gasteiger partial charge in [0.2, 0.25) is 0 Å². The van der Waals surface area contributed by atoms with Gasteiger partial charge < -0.3 is 9.84 Å². The van der Waals surface area contributed by atoms with Gasteiger partial charge in [-0.3, -0.25) is 9.59 Å². The number of thioether (sulfide) groups is 1. The topological polar surface area (TPSA) is 63.6 Å². The van der Waals surface area contributed by atoms with E-state index in [0.29, 0.717) is 11.3 Å². The van der Waals surface area contributed by atoms with E-state index >= 15 is 0 Å². The smallest absolute Gasteiger partial charge is 0.317 e. The molecule has 3 rings (SSSR count). The number of carboxylic acid groups (broad SMARTS) is 1. The zero-order valence-electron chi connectivity index (χ0n) is 14.2. The summed E-state index contributed by atoms with van der Waals surface area (Å²) in [6, 6.07) is 20.3. The number of ketones is 1. The number of hydrogen-bond donors (Lipinski definition) is 1. The molecular weight excluding hydrogens is 348 g/mol. The number of carbonyl (C=O) groups excluding carboxylic acids is 1. The SMILES string of the molecule is COc1ccc(C(=O)CC(Sc2cccc3ccccc23)C(=O)O)cc1. The van der Waals surface area contributed by atoms with Crippen LogP contribution in [-0.2, 0) is 4.79 Å². The van der Waals surface area contributed by atoms with Gasteiger partial charge in [-0.15, -0.1) is 11.8 Å². The minimum atomic E-state index is -0.996. The Labute approximate surface area is 155 Å². The second-order valence-corrected chi connectivity index (χ2v) is 7.02. The van der Waals surface area contributed by atoms with Gasteiger partial charge in [-0.1, -0.05) is 36.4 Å². The van der Waals surface area contributed by atoms with Crippen molar-refractivity contribution < 1.29 is 19.4 Å². The molecule has 26 heavy (non-hydrogen) atoms. The number of ether oxygens (including phenoxy) is 1. The molecule has 0 aliphatic rings. The highest BCUT2D eigenvalue weighted by molar-refractivity contribution is 8.00. The molecule has 0 spiro atoms. The van der Waals surface area contributed by atoms with Crippen LogP contribution in [0.15, 0.2) is 71.6 Å². The molecule has 0 saturated carbocycles. The average Bonchev–Trinajstić information content (AvgIpc) is 2.67. The molecule has 3 aromatic rings. The van der Waals surface area contributed by atoms with E-state index < -0.39 is 11.2 Å². The molecule has 1 N–H and O–H groups in total. The molecule has 0 aliphatic carbocycles. The van der Waals surface area contributed by atoms with Crippen molar-refractivity contribution in [2.24, 2.45) is 0 Å². The average molecular weight is 366 g/mol. The van der Waals surface area contributed by atoms with Crippen molar-refractivity contribution in [2.45, 2.75) is 16.6 Å². The molecule has 0 bridgehead atoms. The first-order valence-corrected chi connectivity index (χ1v) is 9.01. The van der Waals surface area contributed by atoms with Gasteiger partial charge in [-0.05, 0) is 41.1 Å². The van der Waals surface area contributed by atoms with E-state index in [2.05, 4.69) is 0 Å². The predicted molar refractivity (Wildman–Crippen MR) is 103 cm³/mol. The Morgan fingerprint density at radius 3 is 2.38 bits per heavy atom.